The third kappa shape index (κ3) is 5.49. The third-order valence-electron chi connectivity index (χ3n) is 9.32. The molecule has 2 aromatic rings. The second-order valence-corrected chi connectivity index (χ2v) is 11.7. The summed E-state index contributed by atoms with van der Waals surface area (Å²) in [5.41, 5.74) is 1.92. The maximum absolute atomic E-state index is 13.8. The Morgan fingerprint density at radius 3 is 2.24 bits per heavy atom. The van der Waals surface area contributed by atoms with E-state index < -0.39 is 24.2 Å². The lowest BCUT2D eigenvalue weighted by Gasteiger charge is -2.52. The molecule has 41 heavy (non-hydrogen) atoms. The molecule has 2 unspecified atom stereocenters. The summed E-state index contributed by atoms with van der Waals surface area (Å²) in [4.78, 5) is 48.3. The molecule has 0 radical (unpaired) electrons. The zero-order valence-electron chi connectivity index (χ0n) is 23.8. The van der Waals surface area contributed by atoms with Crippen LogP contribution in [0.1, 0.15) is 56.2 Å². The first-order valence-corrected chi connectivity index (χ1v) is 15.1. The molecule has 216 valence electrons. The van der Waals surface area contributed by atoms with E-state index in [9.17, 15) is 14.4 Å². The Balaban J connectivity index is 1.20. The standard InChI is InChI=1S/C33H40N4O4/c1-24(31(38)35-21-19-34(20-22-35)27-15-9-4-10-16-27)36-28(18-17-25-11-5-2-6-12-25)30(32(36)39)37-29(23-41-33(37)40)26-13-7-3-8-14-26/h2-3,5-8,11-14,17-18,24,27-30H,4,9-10,15-16,19-23H2,1H3/b18-17+/t24-,28?,29?,30-/m0/s1. The Bertz CT molecular complexity index is 1250. The number of likely N-dealkylation sites (tertiary alicyclic amines) is 1. The van der Waals surface area contributed by atoms with Crippen molar-refractivity contribution >= 4 is 24.0 Å². The number of nitrogens with zero attached hydrogens (tertiary/aromatic N) is 4. The predicted octanol–water partition coefficient (Wildman–Crippen LogP) is 4.34. The minimum absolute atomic E-state index is 0.0261. The maximum Gasteiger partial charge on any atom is 0.411 e. The normalized spacial score (nSPS) is 26.8. The van der Waals surface area contributed by atoms with Crippen molar-refractivity contribution in [3.63, 3.8) is 0 Å². The van der Waals surface area contributed by atoms with Crippen LogP contribution in [-0.2, 0) is 14.3 Å². The first-order valence-electron chi connectivity index (χ1n) is 15.1. The van der Waals surface area contributed by atoms with Gasteiger partial charge in [0.15, 0.2) is 0 Å². The lowest BCUT2D eigenvalue weighted by atomic mass is 9.88. The summed E-state index contributed by atoms with van der Waals surface area (Å²) in [6.45, 7) is 5.16. The number of carbonyl (C=O) groups is 3. The van der Waals surface area contributed by atoms with Gasteiger partial charge >= 0.3 is 6.09 Å². The van der Waals surface area contributed by atoms with Gasteiger partial charge in [-0.05, 0) is 30.9 Å². The summed E-state index contributed by atoms with van der Waals surface area (Å²) in [6, 6.07) is 18.0. The molecule has 4 fully saturated rings. The molecule has 0 aromatic heterocycles. The molecule has 8 nitrogen and oxygen atoms in total. The molecule has 3 heterocycles. The SMILES string of the molecule is C[C@@H](C(=O)N1CCN(C2CCCCC2)CC1)N1C(=O)[C@@H](N2C(=O)OCC2c2ccccc2)C1/C=C/c1ccccc1. The molecule has 4 atom stereocenters. The average Bonchev–Trinajstić information content (AvgIpc) is 3.40. The van der Waals surface area contributed by atoms with Crippen LogP contribution in [0.15, 0.2) is 66.7 Å². The number of piperazine rings is 1. The van der Waals surface area contributed by atoms with E-state index >= 15 is 0 Å². The smallest absolute Gasteiger partial charge is 0.411 e. The van der Waals surface area contributed by atoms with E-state index in [4.69, 9.17) is 4.74 Å². The lowest BCUT2D eigenvalue weighted by molar-refractivity contribution is -0.165. The number of β-lactam (4-membered cyclic amide) rings is 1. The Hall–Kier alpha value is -3.65. The molecule has 2 aromatic carbocycles. The van der Waals surface area contributed by atoms with Gasteiger partial charge in [0.05, 0.1) is 12.1 Å². The van der Waals surface area contributed by atoms with Crippen molar-refractivity contribution in [2.45, 2.75) is 69.2 Å². The lowest BCUT2D eigenvalue weighted by Crippen LogP contribution is -2.74. The predicted molar refractivity (Wildman–Crippen MR) is 157 cm³/mol. The van der Waals surface area contributed by atoms with Crippen LogP contribution in [0.3, 0.4) is 0 Å². The molecular formula is C33H40N4O4. The van der Waals surface area contributed by atoms with E-state index in [-0.39, 0.29) is 24.5 Å². The number of ether oxygens (including phenoxy) is 1. The molecule has 3 aliphatic heterocycles. The Kier molecular flexibility index (Phi) is 8.10. The summed E-state index contributed by atoms with van der Waals surface area (Å²) < 4.78 is 5.46. The highest BCUT2D eigenvalue weighted by Gasteiger charge is 2.57. The van der Waals surface area contributed by atoms with Crippen LogP contribution < -0.4 is 0 Å². The summed E-state index contributed by atoms with van der Waals surface area (Å²) >= 11 is 0. The van der Waals surface area contributed by atoms with Crippen LogP contribution in [0, 0.1) is 0 Å². The number of cyclic esters (lactones) is 1. The van der Waals surface area contributed by atoms with Crippen LogP contribution in [0.2, 0.25) is 0 Å². The average molecular weight is 557 g/mol. The van der Waals surface area contributed by atoms with Crippen molar-refractivity contribution in [2.24, 2.45) is 0 Å². The minimum atomic E-state index is -0.728. The van der Waals surface area contributed by atoms with Crippen LogP contribution >= 0.6 is 0 Å². The van der Waals surface area contributed by atoms with E-state index in [1.165, 1.54) is 32.1 Å². The van der Waals surface area contributed by atoms with Crippen molar-refractivity contribution in [1.29, 1.82) is 0 Å². The third-order valence-corrected chi connectivity index (χ3v) is 9.32. The largest absolute Gasteiger partial charge is 0.447 e. The number of amides is 3. The van der Waals surface area contributed by atoms with Gasteiger partial charge in [0.1, 0.15) is 18.7 Å². The molecule has 3 amide bonds. The van der Waals surface area contributed by atoms with E-state index in [1.54, 1.807) is 9.80 Å². The van der Waals surface area contributed by atoms with Crippen molar-refractivity contribution in [3.05, 3.63) is 77.9 Å². The van der Waals surface area contributed by atoms with Crippen LogP contribution in [0.4, 0.5) is 4.79 Å². The van der Waals surface area contributed by atoms with E-state index in [2.05, 4.69) is 4.90 Å². The van der Waals surface area contributed by atoms with Gasteiger partial charge < -0.3 is 14.5 Å². The molecule has 0 N–H and O–H groups in total. The van der Waals surface area contributed by atoms with Crippen LogP contribution in [0.5, 0.6) is 0 Å². The number of hydrogen-bond donors (Lipinski definition) is 0. The summed E-state index contributed by atoms with van der Waals surface area (Å²) in [5, 5.41) is 0. The first-order chi connectivity index (χ1) is 20.0. The molecule has 0 spiro atoms. The molecule has 8 heteroatoms. The van der Waals surface area contributed by atoms with Gasteiger partial charge in [-0.1, -0.05) is 92.1 Å². The van der Waals surface area contributed by atoms with E-state index in [0.717, 1.165) is 24.2 Å². The zero-order valence-corrected chi connectivity index (χ0v) is 23.8. The highest BCUT2D eigenvalue weighted by Crippen LogP contribution is 2.38. The van der Waals surface area contributed by atoms with Gasteiger partial charge in [-0.15, -0.1) is 0 Å². The minimum Gasteiger partial charge on any atom is -0.447 e. The second-order valence-electron chi connectivity index (χ2n) is 11.7. The molecule has 1 aliphatic carbocycles. The van der Waals surface area contributed by atoms with Crippen molar-refractivity contribution in [2.75, 3.05) is 32.8 Å². The molecule has 6 rings (SSSR count). The van der Waals surface area contributed by atoms with Gasteiger partial charge in [0, 0.05) is 32.2 Å². The van der Waals surface area contributed by atoms with Gasteiger partial charge in [-0.25, -0.2) is 4.79 Å². The van der Waals surface area contributed by atoms with Gasteiger partial charge in [-0.2, -0.15) is 0 Å². The Morgan fingerprint density at radius 2 is 1.56 bits per heavy atom. The van der Waals surface area contributed by atoms with Crippen molar-refractivity contribution in [3.8, 4) is 0 Å². The Morgan fingerprint density at radius 1 is 0.902 bits per heavy atom. The fraction of sp³-hybridized carbons (Fsp3) is 0.485. The zero-order chi connectivity index (χ0) is 28.3. The number of hydrogen-bond acceptors (Lipinski definition) is 5. The first kappa shape index (κ1) is 27.5. The number of benzene rings is 2. The van der Waals surface area contributed by atoms with Crippen LogP contribution in [0.25, 0.3) is 6.08 Å². The molecule has 0 bridgehead atoms. The molecule has 3 saturated heterocycles. The number of rotatable bonds is 7. The van der Waals surface area contributed by atoms with Crippen LogP contribution in [-0.4, -0.2) is 94.5 Å². The quantitative estimate of drug-likeness (QED) is 0.475. The summed E-state index contributed by atoms with van der Waals surface area (Å²) in [7, 11) is 0. The topological polar surface area (TPSA) is 73.4 Å². The van der Waals surface area contributed by atoms with Gasteiger partial charge in [-0.3, -0.25) is 19.4 Å². The Labute approximate surface area is 242 Å². The number of carbonyl (C=O) groups excluding carboxylic acids is 3. The van der Waals surface area contributed by atoms with Gasteiger partial charge in [0.25, 0.3) is 0 Å². The molecule has 1 saturated carbocycles. The highest BCUT2D eigenvalue weighted by molar-refractivity contribution is 5.98. The van der Waals surface area contributed by atoms with Crippen molar-refractivity contribution < 1.29 is 19.1 Å². The molecule has 4 aliphatic rings. The van der Waals surface area contributed by atoms with E-state index in [1.807, 2.05) is 84.6 Å². The summed E-state index contributed by atoms with van der Waals surface area (Å²) in [5.74, 6) is -0.240. The van der Waals surface area contributed by atoms with E-state index in [0.29, 0.717) is 19.1 Å². The second kappa shape index (κ2) is 12.1. The monoisotopic (exact) mass is 556 g/mol. The van der Waals surface area contributed by atoms with Crippen molar-refractivity contribution in [1.82, 2.24) is 19.6 Å². The fourth-order valence-electron chi connectivity index (χ4n) is 7.03. The highest BCUT2D eigenvalue weighted by atomic mass is 16.6. The maximum atomic E-state index is 13.8. The van der Waals surface area contributed by atoms with Gasteiger partial charge in [0.2, 0.25) is 11.8 Å². The fourth-order valence-corrected chi connectivity index (χ4v) is 7.03. The molecular weight excluding hydrogens is 516 g/mol. The summed E-state index contributed by atoms with van der Waals surface area (Å²) in [6.07, 6.45) is 9.87.